The molecule has 0 spiro atoms. The van der Waals surface area contributed by atoms with E-state index in [1.165, 1.54) is 0 Å². The summed E-state index contributed by atoms with van der Waals surface area (Å²) < 4.78 is 24.8. The van der Waals surface area contributed by atoms with Crippen molar-refractivity contribution in [2.75, 3.05) is 10.6 Å². The summed E-state index contributed by atoms with van der Waals surface area (Å²) >= 11 is 0.491. The summed E-state index contributed by atoms with van der Waals surface area (Å²) in [4.78, 5) is 17.1. The number of carbonyl (C=O) groups excluding carboxylic acids is 1. The summed E-state index contributed by atoms with van der Waals surface area (Å²) in [7, 11) is 0. The van der Waals surface area contributed by atoms with Crippen molar-refractivity contribution in [1.29, 1.82) is 0 Å². The Labute approximate surface area is 153 Å². The molecule has 2 aromatic carbocycles. The zero-order chi connectivity index (χ0) is 18.4. The van der Waals surface area contributed by atoms with E-state index in [4.69, 9.17) is 0 Å². The van der Waals surface area contributed by atoms with Crippen LogP contribution in [0, 0.1) is 0 Å². The van der Waals surface area contributed by atoms with Gasteiger partial charge in [-0.25, -0.2) is 4.98 Å². The minimum atomic E-state index is -2.45. The van der Waals surface area contributed by atoms with Crippen LogP contribution in [0.3, 0.4) is 0 Å². The van der Waals surface area contributed by atoms with Gasteiger partial charge in [0.15, 0.2) is 0 Å². The molecule has 0 unspecified atom stereocenters. The van der Waals surface area contributed by atoms with Crippen molar-refractivity contribution >= 4 is 34.9 Å². The first-order chi connectivity index (χ1) is 12.6. The van der Waals surface area contributed by atoms with Crippen LogP contribution in [-0.4, -0.2) is 16.6 Å². The van der Waals surface area contributed by atoms with Crippen molar-refractivity contribution in [1.82, 2.24) is 4.98 Å². The number of pyridine rings is 1. The second-order valence-electron chi connectivity index (χ2n) is 5.24. The number of rotatable bonds is 6. The number of anilines is 3. The molecule has 2 N–H and O–H groups in total. The molecule has 1 heterocycles. The third-order valence-corrected chi connectivity index (χ3v) is 4.16. The maximum absolute atomic E-state index is 12.5. The van der Waals surface area contributed by atoms with Crippen LogP contribution < -0.4 is 10.6 Å². The van der Waals surface area contributed by atoms with Crippen LogP contribution in [-0.2, 0) is 0 Å². The molecule has 0 radical (unpaired) electrons. The maximum atomic E-state index is 12.5. The Morgan fingerprint density at radius 3 is 2.38 bits per heavy atom. The van der Waals surface area contributed by atoms with Gasteiger partial charge in [0.05, 0.1) is 11.3 Å². The molecule has 132 valence electrons. The largest absolute Gasteiger partial charge is 0.355 e. The number of aromatic nitrogens is 1. The van der Waals surface area contributed by atoms with Crippen molar-refractivity contribution in [3.05, 3.63) is 78.5 Å². The fraction of sp³-hybridized carbons (Fsp3) is 0.0526. The first-order valence-corrected chi connectivity index (χ1v) is 8.63. The second kappa shape index (κ2) is 8.44. The lowest BCUT2D eigenvalue weighted by Gasteiger charge is -2.12. The summed E-state index contributed by atoms with van der Waals surface area (Å²) in [6.07, 6.45) is 1.60. The highest BCUT2D eigenvalue weighted by molar-refractivity contribution is 7.99. The van der Waals surface area contributed by atoms with E-state index >= 15 is 0 Å². The van der Waals surface area contributed by atoms with Gasteiger partial charge in [-0.3, -0.25) is 4.79 Å². The summed E-state index contributed by atoms with van der Waals surface area (Å²) in [5.74, 6) is -2.29. The molecule has 3 aromatic rings. The van der Waals surface area contributed by atoms with Crippen LogP contribution in [0.5, 0.6) is 0 Å². The lowest BCUT2D eigenvalue weighted by atomic mass is 10.1. The van der Waals surface area contributed by atoms with Gasteiger partial charge in [0, 0.05) is 16.8 Å². The van der Waals surface area contributed by atoms with E-state index < -0.39 is 5.76 Å². The molecule has 0 aliphatic carbocycles. The number of hydrogen-bond acceptors (Lipinski definition) is 4. The smallest absolute Gasteiger partial charge is 0.288 e. The Morgan fingerprint density at radius 2 is 1.69 bits per heavy atom. The predicted octanol–water partition coefficient (Wildman–Crippen LogP) is 5.39. The van der Waals surface area contributed by atoms with Gasteiger partial charge in [-0.1, -0.05) is 30.0 Å². The molecule has 26 heavy (non-hydrogen) atoms. The van der Waals surface area contributed by atoms with Crippen molar-refractivity contribution < 1.29 is 13.6 Å². The molecule has 0 atom stereocenters. The number of nitrogens with zero attached hydrogens (tertiary/aromatic N) is 1. The van der Waals surface area contributed by atoms with E-state index in [0.717, 1.165) is 0 Å². The SMILES string of the molecule is O=C(Nc1ccccn1)c1ccccc1Nc1ccc(SC(F)F)cc1. The van der Waals surface area contributed by atoms with Gasteiger partial charge in [0.25, 0.3) is 11.7 Å². The van der Waals surface area contributed by atoms with E-state index in [1.54, 1.807) is 72.9 Å². The number of nitrogens with one attached hydrogen (secondary N) is 2. The lowest BCUT2D eigenvalue weighted by molar-refractivity contribution is 0.102. The molecule has 0 bridgehead atoms. The summed E-state index contributed by atoms with van der Waals surface area (Å²) in [6, 6.07) is 18.9. The fourth-order valence-electron chi connectivity index (χ4n) is 2.29. The average molecular weight is 371 g/mol. The number of amides is 1. The van der Waals surface area contributed by atoms with E-state index in [2.05, 4.69) is 15.6 Å². The highest BCUT2D eigenvalue weighted by Crippen LogP contribution is 2.28. The maximum Gasteiger partial charge on any atom is 0.288 e. The highest BCUT2D eigenvalue weighted by atomic mass is 32.2. The van der Waals surface area contributed by atoms with Gasteiger partial charge >= 0.3 is 0 Å². The third-order valence-electron chi connectivity index (χ3n) is 3.44. The van der Waals surface area contributed by atoms with Crippen molar-refractivity contribution in [3.8, 4) is 0 Å². The first kappa shape index (κ1) is 17.9. The summed E-state index contributed by atoms with van der Waals surface area (Å²) in [6.45, 7) is 0. The summed E-state index contributed by atoms with van der Waals surface area (Å²) in [5.41, 5.74) is 1.75. The quantitative estimate of drug-likeness (QED) is 0.570. The predicted molar refractivity (Wildman–Crippen MR) is 100 cm³/mol. The average Bonchev–Trinajstić information content (AvgIpc) is 2.64. The molecular formula is C19H15F2N3OS. The Kier molecular flexibility index (Phi) is 5.80. The molecule has 0 aliphatic heterocycles. The molecular weight excluding hydrogens is 356 g/mol. The van der Waals surface area contributed by atoms with Gasteiger partial charge in [0.2, 0.25) is 0 Å². The van der Waals surface area contributed by atoms with Crippen LogP contribution in [0.2, 0.25) is 0 Å². The van der Waals surface area contributed by atoms with Crippen LogP contribution in [0.15, 0.2) is 77.8 Å². The molecule has 4 nitrogen and oxygen atoms in total. The van der Waals surface area contributed by atoms with Crippen LogP contribution in [0.1, 0.15) is 10.4 Å². The minimum Gasteiger partial charge on any atom is -0.355 e. The van der Waals surface area contributed by atoms with E-state index in [0.29, 0.717) is 39.4 Å². The minimum absolute atomic E-state index is 0.295. The molecule has 3 rings (SSSR count). The normalized spacial score (nSPS) is 10.6. The Morgan fingerprint density at radius 1 is 0.962 bits per heavy atom. The van der Waals surface area contributed by atoms with Crippen molar-refractivity contribution in [2.45, 2.75) is 10.7 Å². The number of hydrogen-bond donors (Lipinski definition) is 2. The van der Waals surface area contributed by atoms with Gasteiger partial charge in [-0.2, -0.15) is 8.78 Å². The molecule has 1 aromatic heterocycles. The van der Waals surface area contributed by atoms with Crippen molar-refractivity contribution in [2.24, 2.45) is 0 Å². The summed E-state index contributed by atoms with van der Waals surface area (Å²) in [5, 5.41) is 5.88. The monoisotopic (exact) mass is 371 g/mol. The first-order valence-electron chi connectivity index (χ1n) is 7.75. The lowest BCUT2D eigenvalue weighted by Crippen LogP contribution is -2.14. The number of benzene rings is 2. The molecule has 0 saturated carbocycles. The topological polar surface area (TPSA) is 54.0 Å². The second-order valence-corrected chi connectivity index (χ2v) is 6.31. The fourth-order valence-corrected chi connectivity index (χ4v) is 2.78. The van der Waals surface area contributed by atoms with Crippen molar-refractivity contribution in [3.63, 3.8) is 0 Å². The zero-order valence-electron chi connectivity index (χ0n) is 13.5. The Hall–Kier alpha value is -2.93. The van der Waals surface area contributed by atoms with Gasteiger partial charge in [-0.05, 0) is 48.5 Å². The van der Waals surface area contributed by atoms with E-state index in [1.807, 2.05) is 0 Å². The molecule has 0 aliphatic rings. The third kappa shape index (κ3) is 4.80. The zero-order valence-corrected chi connectivity index (χ0v) is 14.3. The van der Waals surface area contributed by atoms with E-state index in [9.17, 15) is 13.6 Å². The molecule has 1 amide bonds. The van der Waals surface area contributed by atoms with Gasteiger partial charge in [0.1, 0.15) is 5.82 Å². The van der Waals surface area contributed by atoms with Gasteiger partial charge < -0.3 is 10.6 Å². The Bertz CT molecular complexity index is 873. The van der Waals surface area contributed by atoms with Gasteiger partial charge in [-0.15, -0.1) is 0 Å². The highest BCUT2D eigenvalue weighted by Gasteiger charge is 2.12. The van der Waals surface area contributed by atoms with E-state index in [-0.39, 0.29) is 5.91 Å². The number of para-hydroxylation sites is 1. The Balaban J connectivity index is 1.75. The number of alkyl halides is 2. The molecule has 7 heteroatoms. The number of halogens is 2. The molecule has 0 saturated heterocycles. The van der Waals surface area contributed by atoms with Crippen LogP contribution in [0.25, 0.3) is 0 Å². The van der Waals surface area contributed by atoms with Crippen LogP contribution >= 0.6 is 11.8 Å². The van der Waals surface area contributed by atoms with Crippen LogP contribution in [0.4, 0.5) is 26.0 Å². The molecule has 0 fully saturated rings. The standard InChI is InChI=1S/C19H15F2N3OS/c20-19(21)26-14-10-8-13(9-11-14)23-16-6-2-1-5-15(16)18(25)24-17-7-3-4-12-22-17/h1-12,19,23H,(H,22,24,25). The number of carbonyl (C=O) groups is 1. The number of thioether (sulfide) groups is 1.